The summed E-state index contributed by atoms with van der Waals surface area (Å²) in [5, 5.41) is 0. The van der Waals surface area contributed by atoms with Gasteiger partial charge in [-0.05, 0) is 44.0 Å². The van der Waals surface area contributed by atoms with Gasteiger partial charge in [-0.1, -0.05) is 29.8 Å². The highest BCUT2D eigenvalue weighted by molar-refractivity contribution is 6.22. The second-order valence-corrected chi connectivity index (χ2v) is 9.21. The predicted octanol–water partition coefficient (Wildman–Crippen LogP) is 3.50. The highest BCUT2D eigenvalue weighted by atomic mass is 16.5. The molecule has 2 aromatic carbocycles. The highest BCUT2D eigenvalue weighted by Gasteiger charge is 2.48. The number of hydrogen-bond acceptors (Lipinski definition) is 6. The number of nitrogens with zero attached hydrogens (tertiary/aromatic N) is 2. The molecule has 0 N–H and O–H groups in total. The van der Waals surface area contributed by atoms with Crippen LogP contribution in [0.3, 0.4) is 0 Å². The Morgan fingerprint density at radius 1 is 0.971 bits per heavy atom. The van der Waals surface area contributed by atoms with Crippen LogP contribution in [0.2, 0.25) is 0 Å². The van der Waals surface area contributed by atoms with Crippen molar-refractivity contribution in [2.24, 2.45) is 17.8 Å². The van der Waals surface area contributed by atoms with E-state index in [9.17, 15) is 19.2 Å². The van der Waals surface area contributed by atoms with Gasteiger partial charge in [-0.2, -0.15) is 0 Å². The molecule has 2 fully saturated rings. The van der Waals surface area contributed by atoms with E-state index in [-0.39, 0.29) is 48.3 Å². The molecule has 180 valence electrons. The van der Waals surface area contributed by atoms with Crippen molar-refractivity contribution in [3.63, 3.8) is 0 Å². The monoisotopic (exact) mass is 474 g/mol. The maximum Gasteiger partial charge on any atom is 0.316 e. The zero-order valence-electron chi connectivity index (χ0n) is 19.6. The normalized spacial score (nSPS) is 23.9. The van der Waals surface area contributed by atoms with Crippen molar-refractivity contribution >= 4 is 35.1 Å². The molecule has 0 unspecified atom stereocenters. The number of fused-ring (bicyclic) bond motifs is 1. The average molecular weight is 475 g/mol. The van der Waals surface area contributed by atoms with Gasteiger partial charge in [0.15, 0.2) is 0 Å². The number of benzene rings is 2. The highest BCUT2D eigenvalue weighted by Crippen LogP contribution is 2.40. The summed E-state index contributed by atoms with van der Waals surface area (Å²) in [6.07, 6.45) is 3.18. The summed E-state index contributed by atoms with van der Waals surface area (Å²) in [5.41, 5.74) is 2.11. The summed E-state index contributed by atoms with van der Waals surface area (Å²) >= 11 is 0. The van der Waals surface area contributed by atoms with E-state index in [4.69, 9.17) is 9.47 Å². The van der Waals surface area contributed by atoms with Gasteiger partial charge in [-0.25, -0.2) is 4.90 Å². The average Bonchev–Trinajstić information content (AvgIpc) is 3.36. The van der Waals surface area contributed by atoms with E-state index < -0.39 is 11.9 Å². The van der Waals surface area contributed by atoms with Crippen LogP contribution in [0.5, 0.6) is 11.5 Å². The Bertz CT molecular complexity index is 1250. The molecule has 35 heavy (non-hydrogen) atoms. The molecular formula is C27H26N2O6. The van der Waals surface area contributed by atoms with Gasteiger partial charge in [0, 0.05) is 19.0 Å². The van der Waals surface area contributed by atoms with Crippen LogP contribution in [-0.4, -0.2) is 37.3 Å². The number of methoxy groups -OCH3 is 1. The number of rotatable bonds is 5. The van der Waals surface area contributed by atoms with Gasteiger partial charge in [0.25, 0.3) is 0 Å². The lowest BCUT2D eigenvalue weighted by Crippen LogP contribution is -2.31. The molecule has 0 spiro atoms. The van der Waals surface area contributed by atoms with Crippen molar-refractivity contribution in [2.45, 2.75) is 26.2 Å². The Morgan fingerprint density at radius 3 is 2.54 bits per heavy atom. The largest absolute Gasteiger partial charge is 0.495 e. The number of allylic oxidation sites excluding steroid dienone is 2. The van der Waals surface area contributed by atoms with Crippen LogP contribution in [-0.2, 0) is 19.2 Å². The minimum absolute atomic E-state index is 0.0232. The number of carbonyl (C=O) groups is 4. The molecule has 2 saturated heterocycles. The van der Waals surface area contributed by atoms with Crippen LogP contribution in [0, 0.1) is 17.8 Å². The Hall–Kier alpha value is -3.94. The Labute approximate surface area is 203 Å². The Kier molecular flexibility index (Phi) is 5.88. The second-order valence-electron chi connectivity index (χ2n) is 9.21. The van der Waals surface area contributed by atoms with Gasteiger partial charge in [0.05, 0.1) is 36.2 Å². The van der Waals surface area contributed by atoms with E-state index in [0.29, 0.717) is 30.0 Å². The molecule has 2 aromatic rings. The zero-order valence-corrected chi connectivity index (χ0v) is 19.6. The van der Waals surface area contributed by atoms with Crippen LogP contribution >= 0.6 is 0 Å². The molecule has 5 rings (SSSR count). The maximum absolute atomic E-state index is 13.0. The molecule has 8 heteroatoms. The van der Waals surface area contributed by atoms with Crippen molar-refractivity contribution in [1.82, 2.24) is 0 Å². The predicted molar refractivity (Wildman–Crippen MR) is 128 cm³/mol. The quantitative estimate of drug-likeness (QED) is 0.285. The summed E-state index contributed by atoms with van der Waals surface area (Å²) in [6, 6.07) is 13.6. The Balaban J connectivity index is 1.30. The van der Waals surface area contributed by atoms with Crippen LogP contribution < -0.4 is 19.3 Å². The minimum atomic E-state index is -0.650. The molecule has 0 radical (unpaired) electrons. The Morgan fingerprint density at radius 2 is 1.74 bits per heavy atom. The third-order valence-corrected chi connectivity index (χ3v) is 6.95. The molecule has 3 atom stereocenters. The van der Waals surface area contributed by atoms with E-state index in [2.05, 4.69) is 0 Å². The summed E-state index contributed by atoms with van der Waals surface area (Å²) in [7, 11) is 1.53. The van der Waals surface area contributed by atoms with E-state index in [1.54, 1.807) is 36.4 Å². The molecule has 0 aromatic heterocycles. The molecule has 2 heterocycles. The van der Waals surface area contributed by atoms with Gasteiger partial charge in [0.2, 0.25) is 17.7 Å². The summed E-state index contributed by atoms with van der Waals surface area (Å²) in [6.45, 7) is 2.15. The zero-order chi connectivity index (χ0) is 24.7. The van der Waals surface area contributed by atoms with Crippen LogP contribution in [0.25, 0.3) is 0 Å². The first kappa shape index (κ1) is 22.8. The van der Waals surface area contributed by atoms with Crippen molar-refractivity contribution in [3.8, 4) is 11.5 Å². The number of carbonyl (C=O) groups excluding carboxylic acids is 4. The fourth-order valence-corrected chi connectivity index (χ4v) is 5.13. The van der Waals surface area contributed by atoms with Gasteiger partial charge in [-0.3, -0.25) is 19.2 Å². The van der Waals surface area contributed by atoms with Gasteiger partial charge < -0.3 is 14.4 Å². The van der Waals surface area contributed by atoms with Crippen LogP contribution in [0.15, 0.2) is 60.2 Å². The smallest absolute Gasteiger partial charge is 0.316 e. The van der Waals surface area contributed by atoms with Crippen LogP contribution in [0.1, 0.15) is 26.2 Å². The molecule has 3 aliphatic rings. The number of para-hydroxylation sites is 2. The third kappa shape index (κ3) is 4.09. The number of imide groups is 1. The molecule has 2 aliphatic heterocycles. The van der Waals surface area contributed by atoms with Gasteiger partial charge in [-0.15, -0.1) is 0 Å². The van der Waals surface area contributed by atoms with Crippen molar-refractivity contribution < 1.29 is 28.7 Å². The second kappa shape index (κ2) is 9.02. The number of hydrogen-bond donors (Lipinski definition) is 0. The number of ether oxygens (including phenoxy) is 2. The van der Waals surface area contributed by atoms with Gasteiger partial charge >= 0.3 is 5.97 Å². The standard InChI is InChI=1S/C27H26N2O6/c1-16-10-11-20-21(12-16)26(32)29(25(20)31)18-6-5-7-19(14-18)35-27(33)17-13-24(30)28(15-17)22-8-3-4-9-23(22)34-2/h3-10,14,17,20-21H,11-13,15H2,1-2H3/t17-,20-,21+/m1/s1. The molecule has 3 amide bonds. The summed E-state index contributed by atoms with van der Waals surface area (Å²) < 4.78 is 10.9. The topological polar surface area (TPSA) is 93.2 Å². The minimum Gasteiger partial charge on any atom is -0.495 e. The lowest BCUT2D eigenvalue weighted by molar-refractivity contribution is -0.139. The van der Waals surface area contributed by atoms with E-state index in [1.165, 1.54) is 23.0 Å². The maximum atomic E-state index is 13.0. The van der Waals surface area contributed by atoms with E-state index >= 15 is 0 Å². The number of anilines is 2. The van der Waals surface area contributed by atoms with Crippen molar-refractivity contribution in [2.75, 3.05) is 23.5 Å². The van der Waals surface area contributed by atoms with Crippen LogP contribution in [0.4, 0.5) is 11.4 Å². The van der Waals surface area contributed by atoms with E-state index in [1.807, 2.05) is 19.1 Å². The lowest BCUT2D eigenvalue weighted by atomic mass is 9.82. The molecule has 1 aliphatic carbocycles. The van der Waals surface area contributed by atoms with Crippen molar-refractivity contribution in [3.05, 3.63) is 60.2 Å². The SMILES string of the molecule is COc1ccccc1N1C[C@H](C(=O)Oc2cccc(N3C(=O)[C@H]4CC(C)=CC[C@H]4C3=O)c2)CC1=O. The summed E-state index contributed by atoms with van der Waals surface area (Å²) in [4.78, 5) is 54.3. The fraction of sp³-hybridized carbons (Fsp3) is 0.333. The fourth-order valence-electron chi connectivity index (χ4n) is 5.13. The molecule has 0 saturated carbocycles. The first-order valence-electron chi connectivity index (χ1n) is 11.7. The number of amides is 3. The first-order chi connectivity index (χ1) is 16.9. The number of esters is 1. The lowest BCUT2D eigenvalue weighted by Gasteiger charge is -2.19. The third-order valence-electron chi connectivity index (χ3n) is 6.95. The molecule has 0 bridgehead atoms. The first-order valence-corrected chi connectivity index (χ1v) is 11.7. The summed E-state index contributed by atoms with van der Waals surface area (Å²) in [5.74, 6) is -1.74. The molecular weight excluding hydrogens is 448 g/mol. The van der Waals surface area contributed by atoms with Gasteiger partial charge in [0.1, 0.15) is 11.5 Å². The van der Waals surface area contributed by atoms with Crippen molar-refractivity contribution in [1.29, 1.82) is 0 Å². The molecule has 8 nitrogen and oxygen atoms in total. The van der Waals surface area contributed by atoms with E-state index in [0.717, 1.165) is 5.57 Å².